The number of methoxy groups -OCH3 is 1. The van der Waals surface area contributed by atoms with Crippen molar-refractivity contribution in [3.05, 3.63) is 41.9 Å². The molecular formula is C29H40N6O5. The maximum Gasteiger partial charge on any atom is 0.425 e. The van der Waals surface area contributed by atoms with Crippen molar-refractivity contribution in [1.29, 1.82) is 0 Å². The Labute approximate surface area is 236 Å². The molecule has 0 spiro atoms. The normalized spacial score (nSPS) is 15.4. The van der Waals surface area contributed by atoms with Gasteiger partial charge < -0.3 is 14.2 Å². The van der Waals surface area contributed by atoms with Crippen LogP contribution in [0.5, 0.6) is 0 Å². The fourth-order valence-electron chi connectivity index (χ4n) is 4.49. The van der Waals surface area contributed by atoms with E-state index >= 15 is 0 Å². The zero-order valence-corrected chi connectivity index (χ0v) is 24.7. The Balaban J connectivity index is 2.17. The van der Waals surface area contributed by atoms with Crippen molar-refractivity contribution in [1.82, 2.24) is 19.7 Å². The van der Waals surface area contributed by atoms with Crippen LogP contribution in [0.4, 0.5) is 15.4 Å². The molecular weight excluding hydrogens is 512 g/mol. The van der Waals surface area contributed by atoms with Gasteiger partial charge in [-0.15, -0.1) is 0 Å². The van der Waals surface area contributed by atoms with Gasteiger partial charge in [0.2, 0.25) is 0 Å². The Morgan fingerprint density at radius 1 is 1.12 bits per heavy atom. The number of rotatable bonds is 7. The highest BCUT2D eigenvalue weighted by Crippen LogP contribution is 2.36. The second kappa shape index (κ2) is 12.6. The Morgan fingerprint density at radius 2 is 1.73 bits per heavy atom. The maximum atomic E-state index is 13.4. The zero-order valence-electron chi connectivity index (χ0n) is 24.7. The molecule has 0 N–H and O–H groups in total. The lowest BCUT2D eigenvalue weighted by Gasteiger charge is -2.29. The molecule has 2 aromatic rings. The van der Waals surface area contributed by atoms with E-state index in [1.807, 2.05) is 13.1 Å². The van der Waals surface area contributed by atoms with Gasteiger partial charge in [-0.2, -0.15) is 10.00 Å². The molecule has 0 aromatic carbocycles. The van der Waals surface area contributed by atoms with Gasteiger partial charge in [0.15, 0.2) is 12.0 Å². The van der Waals surface area contributed by atoms with Crippen LogP contribution in [0, 0.1) is 12.5 Å². The minimum Gasteiger partial charge on any atom is -0.443 e. The number of carbonyl (C=O) groups excluding carboxylic acids is 2. The van der Waals surface area contributed by atoms with Crippen LogP contribution in [0.15, 0.2) is 24.9 Å². The molecule has 0 radical (unpaired) electrons. The standard InChI is InChI=1S/C29H40N6O5/c1-19(38-9)14-22-24(21-15-33-34(17-21)23(16-30-8)20-12-10-11-13-20)31-18-32-25(22)35(26(36)39-28(2,3)4)27(37)40-29(5,6)7/h15-20H,10-14H2,1-7,9H3/b23-16-. The summed E-state index contributed by atoms with van der Waals surface area (Å²) in [5.41, 5.74) is 0.698. The van der Waals surface area contributed by atoms with E-state index in [1.165, 1.54) is 12.5 Å². The number of hydrogen-bond donors (Lipinski definition) is 0. The van der Waals surface area contributed by atoms with E-state index in [0.717, 1.165) is 36.3 Å². The Hall–Kier alpha value is -3.78. The lowest BCUT2D eigenvalue weighted by molar-refractivity contribution is 0.0427. The molecule has 1 atom stereocenters. The summed E-state index contributed by atoms with van der Waals surface area (Å²) >= 11 is 0. The van der Waals surface area contributed by atoms with E-state index in [1.54, 1.807) is 59.5 Å². The van der Waals surface area contributed by atoms with Crippen molar-refractivity contribution in [3.8, 4) is 11.3 Å². The van der Waals surface area contributed by atoms with Crippen LogP contribution in [0.3, 0.4) is 0 Å². The van der Waals surface area contributed by atoms with E-state index in [2.05, 4.69) is 19.9 Å². The zero-order chi connectivity index (χ0) is 29.7. The average Bonchev–Trinajstić information content (AvgIpc) is 3.54. The van der Waals surface area contributed by atoms with Gasteiger partial charge in [-0.3, -0.25) is 4.68 Å². The monoisotopic (exact) mass is 552 g/mol. The topological polar surface area (TPSA) is 113 Å². The maximum absolute atomic E-state index is 13.4. The van der Waals surface area contributed by atoms with Gasteiger partial charge in [0.25, 0.3) is 0 Å². The molecule has 2 amide bonds. The predicted molar refractivity (Wildman–Crippen MR) is 151 cm³/mol. The highest BCUT2D eigenvalue weighted by molar-refractivity contribution is 6.09. The molecule has 1 saturated carbocycles. The van der Waals surface area contributed by atoms with E-state index in [4.69, 9.17) is 20.8 Å². The molecule has 1 aliphatic rings. The molecule has 3 rings (SSSR count). The van der Waals surface area contributed by atoms with Crippen LogP contribution in [-0.4, -0.2) is 56.4 Å². The lowest BCUT2D eigenvalue weighted by Crippen LogP contribution is -2.44. The van der Waals surface area contributed by atoms with Crippen LogP contribution >= 0.6 is 0 Å². The molecule has 216 valence electrons. The lowest BCUT2D eigenvalue weighted by atomic mass is 10.0. The molecule has 2 aromatic heterocycles. The van der Waals surface area contributed by atoms with Gasteiger partial charge in [0, 0.05) is 36.6 Å². The van der Waals surface area contributed by atoms with Crippen molar-refractivity contribution in [2.75, 3.05) is 12.0 Å². The number of carbonyl (C=O) groups is 2. The van der Waals surface area contributed by atoms with Gasteiger partial charge in [-0.1, -0.05) is 12.8 Å². The molecule has 1 fully saturated rings. The Bertz CT molecular complexity index is 1250. The quantitative estimate of drug-likeness (QED) is 0.358. The highest BCUT2D eigenvalue weighted by Gasteiger charge is 2.36. The minimum atomic E-state index is -0.920. The molecule has 11 heteroatoms. The first-order valence-electron chi connectivity index (χ1n) is 13.5. The average molecular weight is 553 g/mol. The number of hydrogen-bond acceptors (Lipinski definition) is 8. The third-order valence-corrected chi connectivity index (χ3v) is 6.27. The van der Waals surface area contributed by atoms with E-state index in [0.29, 0.717) is 16.8 Å². The number of imide groups is 1. The van der Waals surface area contributed by atoms with Crippen LogP contribution in [-0.2, 0) is 20.6 Å². The molecule has 0 saturated heterocycles. The van der Waals surface area contributed by atoms with E-state index < -0.39 is 23.4 Å². The summed E-state index contributed by atoms with van der Waals surface area (Å²) in [5, 5.41) is 4.55. The molecule has 11 nitrogen and oxygen atoms in total. The van der Waals surface area contributed by atoms with Gasteiger partial charge in [-0.05, 0) is 67.2 Å². The number of anilines is 1. The summed E-state index contributed by atoms with van der Waals surface area (Å²) in [5.74, 6) is 0.295. The molecule has 1 unspecified atom stereocenters. The number of allylic oxidation sites excluding steroid dienone is 1. The summed E-state index contributed by atoms with van der Waals surface area (Å²) in [6.07, 6.45) is 8.68. The summed E-state index contributed by atoms with van der Waals surface area (Å²) in [4.78, 5) is 40.1. The summed E-state index contributed by atoms with van der Waals surface area (Å²) in [6, 6.07) is 0. The summed E-state index contributed by atoms with van der Waals surface area (Å²) in [7, 11) is 1.58. The van der Waals surface area contributed by atoms with Gasteiger partial charge in [-0.25, -0.2) is 24.4 Å². The van der Waals surface area contributed by atoms with Crippen LogP contribution < -0.4 is 4.90 Å². The number of nitrogens with zero attached hydrogens (tertiary/aromatic N) is 6. The first kappa shape index (κ1) is 30.8. The fraction of sp³-hybridized carbons (Fsp3) is 0.586. The van der Waals surface area contributed by atoms with E-state index in [-0.39, 0.29) is 24.3 Å². The summed E-state index contributed by atoms with van der Waals surface area (Å²) in [6.45, 7) is 19.6. The van der Waals surface area contributed by atoms with Crippen LogP contribution in [0.2, 0.25) is 0 Å². The van der Waals surface area contributed by atoms with Crippen molar-refractivity contribution >= 4 is 23.7 Å². The number of amides is 2. The molecule has 40 heavy (non-hydrogen) atoms. The third kappa shape index (κ3) is 7.88. The van der Waals surface area contributed by atoms with Crippen LogP contribution in [0.1, 0.15) is 79.7 Å². The second-order valence-electron chi connectivity index (χ2n) is 11.9. The van der Waals surface area contributed by atoms with Gasteiger partial charge >= 0.3 is 12.2 Å². The van der Waals surface area contributed by atoms with Crippen molar-refractivity contribution in [2.24, 2.45) is 5.92 Å². The van der Waals surface area contributed by atoms with Crippen molar-refractivity contribution in [3.63, 3.8) is 0 Å². The highest BCUT2D eigenvalue weighted by atomic mass is 16.6. The predicted octanol–water partition coefficient (Wildman–Crippen LogP) is 6.50. The third-order valence-electron chi connectivity index (χ3n) is 6.27. The number of ether oxygens (including phenoxy) is 3. The smallest absolute Gasteiger partial charge is 0.425 e. The Morgan fingerprint density at radius 3 is 2.25 bits per heavy atom. The summed E-state index contributed by atoms with van der Waals surface area (Å²) < 4.78 is 18.4. The minimum absolute atomic E-state index is 0.0397. The molecule has 1 aliphatic carbocycles. The van der Waals surface area contributed by atoms with Crippen molar-refractivity contribution < 1.29 is 23.8 Å². The van der Waals surface area contributed by atoms with Gasteiger partial charge in [0.05, 0.1) is 24.6 Å². The first-order chi connectivity index (χ1) is 18.7. The largest absolute Gasteiger partial charge is 0.443 e. The Kier molecular flexibility index (Phi) is 9.69. The van der Waals surface area contributed by atoms with Gasteiger partial charge in [0.1, 0.15) is 17.5 Å². The SMILES string of the molecule is [C-]#[N+]/C=C(/C1CCCC1)n1cc(-c2ncnc(N(C(=O)OC(C)(C)C)C(=O)OC(C)(C)C)c2CC(C)OC)cn1. The molecule has 2 heterocycles. The first-order valence-corrected chi connectivity index (χ1v) is 13.5. The molecule has 0 bridgehead atoms. The number of aromatic nitrogens is 4. The molecule has 0 aliphatic heterocycles. The van der Waals surface area contributed by atoms with Crippen LogP contribution in [0.25, 0.3) is 21.8 Å². The fourth-order valence-corrected chi connectivity index (χ4v) is 4.49. The second-order valence-corrected chi connectivity index (χ2v) is 11.9. The van der Waals surface area contributed by atoms with Crippen molar-refractivity contribution in [2.45, 2.75) is 97.9 Å². The van der Waals surface area contributed by atoms with E-state index in [9.17, 15) is 9.59 Å².